The fourth-order valence-corrected chi connectivity index (χ4v) is 2.21. The SMILES string of the molecule is CN=C(NCCc1ccc(F)cc1)NCC(C)Oc1ccccc1.I. The molecule has 136 valence electrons. The first-order valence-electron chi connectivity index (χ1n) is 8.08. The molecule has 1 unspecified atom stereocenters. The van der Waals surface area contributed by atoms with Crippen LogP contribution in [0.4, 0.5) is 4.39 Å². The lowest BCUT2D eigenvalue weighted by Crippen LogP contribution is -2.42. The monoisotopic (exact) mass is 457 g/mol. The van der Waals surface area contributed by atoms with E-state index in [4.69, 9.17) is 4.74 Å². The van der Waals surface area contributed by atoms with E-state index in [0.717, 1.165) is 30.2 Å². The molecule has 0 spiro atoms. The van der Waals surface area contributed by atoms with E-state index in [9.17, 15) is 4.39 Å². The Morgan fingerprint density at radius 2 is 1.76 bits per heavy atom. The first kappa shape index (κ1) is 21.2. The molecule has 0 radical (unpaired) electrons. The van der Waals surface area contributed by atoms with Crippen molar-refractivity contribution < 1.29 is 9.13 Å². The number of nitrogens with zero attached hydrogens (tertiary/aromatic N) is 1. The molecule has 4 nitrogen and oxygen atoms in total. The van der Waals surface area contributed by atoms with Gasteiger partial charge in [-0.15, -0.1) is 24.0 Å². The van der Waals surface area contributed by atoms with Crippen LogP contribution < -0.4 is 15.4 Å². The van der Waals surface area contributed by atoms with Crippen LogP contribution in [0.1, 0.15) is 12.5 Å². The Balaban J connectivity index is 0.00000312. The average molecular weight is 457 g/mol. The Kier molecular flexibility index (Phi) is 9.91. The number of aliphatic imine (C=N–C) groups is 1. The van der Waals surface area contributed by atoms with Crippen molar-refractivity contribution >= 4 is 29.9 Å². The molecule has 0 saturated carbocycles. The van der Waals surface area contributed by atoms with Crippen molar-refractivity contribution in [2.75, 3.05) is 20.1 Å². The van der Waals surface area contributed by atoms with Crippen molar-refractivity contribution in [2.24, 2.45) is 4.99 Å². The molecule has 2 rings (SSSR count). The predicted octanol–water partition coefficient (Wildman–Crippen LogP) is 3.62. The highest BCUT2D eigenvalue weighted by Crippen LogP contribution is 2.10. The predicted molar refractivity (Wildman–Crippen MR) is 111 cm³/mol. The molecule has 0 bridgehead atoms. The highest BCUT2D eigenvalue weighted by atomic mass is 127. The summed E-state index contributed by atoms with van der Waals surface area (Å²) in [6, 6.07) is 16.3. The van der Waals surface area contributed by atoms with Crippen LogP contribution in [0.3, 0.4) is 0 Å². The lowest BCUT2D eigenvalue weighted by Gasteiger charge is -2.17. The first-order valence-corrected chi connectivity index (χ1v) is 8.08. The fourth-order valence-electron chi connectivity index (χ4n) is 2.21. The van der Waals surface area contributed by atoms with Crippen LogP contribution >= 0.6 is 24.0 Å². The molecule has 0 amide bonds. The normalized spacial score (nSPS) is 12.0. The molecule has 2 N–H and O–H groups in total. The average Bonchev–Trinajstić information content (AvgIpc) is 2.60. The molecule has 1 atom stereocenters. The zero-order valence-electron chi connectivity index (χ0n) is 14.5. The number of para-hydroxylation sites is 1. The molecule has 0 aliphatic rings. The zero-order chi connectivity index (χ0) is 17.2. The molecule has 2 aromatic rings. The molecular formula is C19H25FIN3O. The molecule has 0 aromatic heterocycles. The molecule has 25 heavy (non-hydrogen) atoms. The highest BCUT2D eigenvalue weighted by molar-refractivity contribution is 14.0. The van der Waals surface area contributed by atoms with Gasteiger partial charge in [-0.2, -0.15) is 0 Å². The van der Waals surface area contributed by atoms with E-state index >= 15 is 0 Å². The summed E-state index contributed by atoms with van der Waals surface area (Å²) in [7, 11) is 1.73. The van der Waals surface area contributed by atoms with Crippen molar-refractivity contribution in [3.8, 4) is 5.75 Å². The number of rotatable bonds is 7. The van der Waals surface area contributed by atoms with E-state index in [1.165, 1.54) is 12.1 Å². The minimum absolute atomic E-state index is 0. The van der Waals surface area contributed by atoms with E-state index in [0.29, 0.717) is 6.54 Å². The number of hydrogen-bond donors (Lipinski definition) is 2. The van der Waals surface area contributed by atoms with Gasteiger partial charge >= 0.3 is 0 Å². The van der Waals surface area contributed by atoms with Crippen LogP contribution in [0.2, 0.25) is 0 Å². The number of hydrogen-bond acceptors (Lipinski definition) is 2. The summed E-state index contributed by atoms with van der Waals surface area (Å²) in [6.45, 7) is 3.37. The Morgan fingerprint density at radius 1 is 1.08 bits per heavy atom. The second-order valence-electron chi connectivity index (χ2n) is 5.50. The molecule has 0 aliphatic heterocycles. The summed E-state index contributed by atoms with van der Waals surface area (Å²) in [5, 5.41) is 6.48. The van der Waals surface area contributed by atoms with Crippen molar-refractivity contribution in [2.45, 2.75) is 19.4 Å². The van der Waals surface area contributed by atoms with Gasteiger partial charge in [-0.1, -0.05) is 30.3 Å². The molecule has 0 fully saturated rings. The van der Waals surface area contributed by atoms with Crippen molar-refractivity contribution in [1.29, 1.82) is 0 Å². The van der Waals surface area contributed by atoms with Crippen molar-refractivity contribution in [3.63, 3.8) is 0 Å². The fraction of sp³-hybridized carbons (Fsp3) is 0.316. The van der Waals surface area contributed by atoms with Gasteiger partial charge in [0.05, 0.1) is 6.54 Å². The Morgan fingerprint density at radius 3 is 2.40 bits per heavy atom. The molecule has 0 aliphatic carbocycles. The van der Waals surface area contributed by atoms with E-state index < -0.39 is 0 Å². The van der Waals surface area contributed by atoms with E-state index in [2.05, 4.69) is 15.6 Å². The van der Waals surface area contributed by atoms with Crippen molar-refractivity contribution in [1.82, 2.24) is 10.6 Å². The van der Waals surface area contributed by atoms with Crippen LogP contribution in [-0.2, 0) is 6.42 Å². The Hall–Kier alpha value is -1.83. The minimum Gasteiger partial charge on any atom is -0.489 e. The number of ether oxygens (including phenoxy) is 1. The van der Waals surface area contributed by atoms with Crippen LogP contribution in [-0.4, -0.2) is 32.2 Å². The van der Waals surface area contributed by atoms with Gasteiger partial charge in [0, 0.05) is 13.6 Å². The maximum Gasteiger partial charge on any atom is 0.191 e. The lowest BCUT2D eigenvalue weighted by molar-refractivity contribution is 0.224. The van der Waals surface area contributed by atoms with Gasteiger partial charge in [0.2, 0.25) is 0 Å². The summed E-state index contributed by atoms with van der Waals surface area (Å²) in [5.41, 5.74) is 1.08. The summed E-state index contributed by atoms with van der Waals surface area (Å²) < 4.78 is 18.7. The lowest BCUT2D eigenvalue weighted by atomic mass is 10.1. The zero-order valence-corrected chi connectivity index (χ0v) is 16.9. The minimum atomic E-state index is -0.211. The van der Waals surface area contributed by atoms with Gasteiger partial charge in [0.1, 0.15) is 17.7 Å². The summed E-state index contributed by atoms with van der Waals surface area (Å²) in [5.74, 6) is 1.36. The maximum atomic E-state index is 12.9. The second kappa shape index (κ2) is 11.7. The highest BCUT2D eigenvalue weighted by Gasteiger charge is 2.05. The van der Waals surface area contributed by atoms with E-state index in [-0.39, 0.29) is 35.9 Å². The molecule has 0 saturated heterocycles. The summed E-state index contributed by atoms with van der Waals surface area (Å²) in [4.78, 5) is 4.19. The second-order valence-corrected chi connectivity index (χ2v) is 5.50. The maximum absolute atomic E-state index is 12.9. The van der Waals surface area contributed by atoms with Gasteiger partial charge in [0.15, 0.2) is 5.96 Å². The number of nitrogens with one attached hydrogen (secondary N) is 2. The number of benzene rings is 2. The van der Waals surface area contributed by atoms with Gasteiger partial charge in [-0.3, -0.25) is 4.99 Å². The summed E-state index contributed by atoms with van der Waals surface area (Å²) >= 11 is 0. The smallest absolute Gasteiger partial charge is 0.191 e. The third-order valence-electron chi connectivity index (χ3n) is 3.48. The van der Waals surface area contributed by atoms with Crippen LogP contribution in [0.25, 0.3) is 0 Å². The third-order valence-corrected chi connectivity index (χ3v) is 3.48. The van der Waals surface area contributed by atoms with Crippen LogP contribution in [0.5, 0.6) is 5.75 Å². The molecule has 2 aromatic carbocycles. The van der Waals surface area contributed by atoms with E-state index in [1.807, 2.05) is 37.3 Å². The number of halogens is 2. The van der Waals surface area contributed by atoms with E-state index in [1.54, 1.807) is 19.2 Å². The standard InChI is InChI=1S/C19H24FN3O.HI/c1-15(24-18-6-4-3-5-7-18)14-23-19(21-2)22-13-12-16-8-10-17(20)11-9-16;/h3-11,15H,12-14H2,1-2H3,(H2,21,22,23);1H. The van der Waals surface area contributed by atoms with Gasteiger partial charge in [-0.05, 0) is 43.2 Å². The first-order chi connectivity index (χ1) is 11.7. The number of guanidine groups is 1. The van der Waals surface area contributed by atoms with Crippen molar-refractivity contribution in [3.05, 3.63) is 66.0 Å². The topological polar surface area (TPSA) is 45.7 Å². The largest absolute Gasteiger partial charge is 0.489 e. The Labute approximate surface area is 165 Å². The van der Waals surface area contributed by atoms with Gasteiger partial charge < -0.3 is 15.4 Å². The molecular weight excluding hydrogens is 432 g/mol. The summed E-state index contributed by atoms with van der Waals surface area (Å²) in [6.07, 6.45) is 0.819. The molecule has 0 heterocycles. The van der Waals surface area contributed by atoms with Gasteiger partial charge in [-0.25, -0.2) is 4.39 Å². The third kappa shape index (κ3) is 8.20. The van der Waals surface area contributed by atoms with Crippen LogP contribution in [0, 0.1) is 5.82 Å². The quantitative estimate of drug-likeness (QED) is 0.380. The van der Waals surface area contributed by atoms with Crippen LogP contribution in [0.15, 0.2) is 59.6 Å². The Bertz CT molecular complexity index is 635. The van der Waals surface area contributed by atoms with Gasteiger partial charge in [0.25, 0.3) is 0 Å². The molecule has 6 heteroatoms.